The molecule has 0 spiro atoms. The molecule has 1 atom stereocenters. The number of carbonyl (C=O) groups excluding carboxylic acids is 1. The highest BCUT2D eigenvalue weighted by Gasteiger charge is 2.23. The van der Waals surface area contributed by atoms with E-state index in [0.717, 1.165) is 18.2 Å². The molecule has 0 saturated carbocycles. The number of carboxylic acid groups (broad SMARTS) is 1. The van der Waals surface area contributed by atoms with Gasteiger partial charge in [-0.15, -0.1) is 0 Å². The van der Waals surface area contributed by atoms with Gasteiger partial charge in [-0.3, -0.25) is 14.5 Å². The van der Waals surface area contributed by atoms with Crippen molar-refractivity contribution >= 4 is 17.6 Å². The molecule has 116 valence electrons. The van der Waals surface area contributed by atoms with Crippen LogP contribution in [0.15, 0.2) is 18.2 Å². The van der Waals surface area contributed by atoms with Crippen molar-refractivity contribution in [3.05, 3.63) is 29.8 Å². The maximum absolute atomic E-state index is 13.5. The van der Waals surface area contributed by atoms with Gasteiger partial charge in [-0.05, 0) is 32.0 Å². The van der Waals surface area contributed by atoms with Crippen LogP contribution in [0.5, 0.6) is 0 Å². The van der Waals surface area contributed by atoms with Crippen molar-refractivity contribution in [2.75, 3.05) is 18.4 Å². The highest BCUT2D eigenvalue weighted by Crippen LogP contribution is 2.16. The highest BCUT2D eigenvalue weighted by atomic mass is 19.1. The fourth-order valence-corrected chi connectivity index (χ4v) is 1.87. The van der Waals surface area contributed by atoms with Gasteiger partial charge in [0.15, 0.2) is 0 Å². The Morgan fingerprint density at radius 2 is 2.05 bits per heavy atom. The van der Waals surface area contributed by atoms with Crippen LogP contribution < -0.4 is 5.32 Å². The SMILES string of the molecule is CCCN(CC(=O)O)C(C)C(=O)Nc1cc(F)ccc1F. The van der Waals surface area contributed by atoms with Crippen LogP contribution in [-0.4, -0.2) is 41.0 Å². The molecular formula is C14H18F2N2O3. The molecule has 0 heterocycles. The van der Waals surface area contributed by atoms with E-state index in [1.807, 2.05) is 6.92 Å². The van der Waals surface area contributed by atoms with Gasteiger partial charge in [-0.2, -0.15) is 0 Å². The Morgan fingerprint density at radius 1 is 1.38 bits per heavy atom. The minimum atomic E-state index is -1.06. The number of rotatable bonds is 7. The van der Waals surface area contributed by atoms with Crippen molar-refractivity contribution in [3.8, 4) is 0 Å². The number of carboxylic acids is 1. The summed E-state index contributed by atoms with van der Waals surface area (Å²) in [7, 11) is 0. The first kappa shape index (κ1) is 17.0. The molecule has 7 heteroatoms. The van der Waals surface area contributed by atoms with Crippen molar-refractivity contribution in [2.24, 2.45) is 0 Å². The minimum absolute atomic E-state index is 0.265. The Kier molecular flexibility index (Phi) is 6.23. The zero-order valence-electron chi connectivity index (χ0n) is 11.9. The Hall–Kier alpha value is -2.02. The number of nitrogens with one attached hydrogen (secondary N) is 1. The predicted octanol–water partition coefficient (Wildman–Crippen LogP) is 2.09. The number of carbonyl (C=O) groups is 2. The third-order valence-corrected chi connectivity index (χ3v) is 2.96. The third-order valence-electron chi connectivity index (χ3n) is 2.96. The molecule has 0 saturated heterocycles. The van der Waals surface area contributed by atoms with E-state index in [1.165, 1.54) is 11.8 Å². The first-order valence-corrected chi connectivity index (χ1v) is 6.57. The summed E-state index contributed by atoms with van der Waals surface area (Å²) in [4.78, 5) is 24.3. The summed E-state index contributed by atoms with van der Waals surface area (Å²) in [5.41, 5.74) is -0.265. The van der Waals surface area contributed by atoms with Crippen LogP contribution in [0.1, 0.15) is 20.3 Å². The average molecular weight is 300 g/mol. The lowest BCUT2D eigenvalue weighted by molar-refractivity contribution is -0.139. The van der Waals surface area contributed by atoms with Crippen molar-refractivity contribution < 1.29 is 23.5 Å². The van der Waals surface area contributed by atoms with Crippen LogP contribution in [0, 0.1) is 11.6 Å². The van der Waals surface area contributed by atoms with Gasteiger partial charge in [0.05, 0.1) is 18.3 Å². The summed E-state index contributed by atoms with van der Waals surface area (Å²) < 4.78 is 26.5. The molecule has 1 aromatic carbocycles. The van der Waals surface area contributed by atoms with E-state index in [0.29, 0.717) is 13.0 Å². The van der Waals surface area contributed by atoms with E-state index < -0.39 is 29.6 Å². The summed E-state index contributed by atoms with van der Waals surface area (Å²) in [6.45, 7) is 3.48. The van der Waals surface area contributed by atoms with E-state index >= 15 is 0 Å². The zero-order chi connectivity index (χ0) is 16.0. The first-order valence-electron chi connectivity index (χ1n) is 6.57. The largest absolute Gasteiger partial charge is 0.480 e. The molecule has 0 aliphatic heterocycles. The standard InChI is InChI=1S/C14H18F2N2O3/c1-3-6-18(8-13(19)20)9(2)14(21)17-12-7-10(15)4-5-11(12)16/h4-5,7,9H,3,6,8H2,1-2H3,(H,17,21)(H,19,20). The van der Waals surface area contributed by atoms with Crippen LogP contribution in [0.4, 0.5) is 14.5 Å². The second-order valence-electron chi connectivity index (χ2n) is 4.65. The smallest absolute Gasteiger partial charge is 0.317 e. The molecule has 21 heavy (non-hydrogen) atoms. The quantitative estimate of drug-likeness (QED) is 0.809. The molecule has 1 unspecified atom stereocenters. The molecule has 1 aromatic rings. The van der Waals surface area contributed by atoms with E-state index in [9.17, 15) is 18.4 Å². The van der Waals surface area contributed by atoms with Gasteiger partial charge in [-0.1, -0.05) is 6.92 Å². The van der Waals surface area contributed by atoms with Crippen molar-refractivity contribution in [1.29, 1.82) is 0 Å². The molecule has 0 bridgehead atoms. The van der Waals surface area contributed by atoms with Crippen LogP contribution >= 0.6 is 0 Å². The number of benzene rings is 1. The molecule has 0 aliphatic carbocycles. The topological polar surface area (TPSA) is 69.6 Å². The van der Waals surface area contributed by atoms with E-state index in [-0.39, 0.29) is 12.2 Å². The molecule has 2 N–H and O–H groups in total. The van der Waals surface area contributed by atoms with Gasteiger partial charge in [-0.25, -0.2) is 8.78 Å². The third kappa shape index (κ3) is 5.11. The van der Waals surface area contributed by atoms with Gasteiger partial charge in [0, 0.05) is 6.07 Å². The first-order chi connectivity index (χ1) is 9.85. The Labute approximate surface area is 121 Å². The lowest BCUT2D eigenvalue weighted by Crippen LogP contribution is -2.45. The molecule has 0 aromatic heterocycles. The van der Waals surface area contributed by atoms with Crippen molar-refractivity contribution in [2.45, 2.75) is 26.3 Å². The molecular weight excluding hydrogens is 282 g/mol. The van der Waals surface area contributed by atoms with Crippen molar-refractivity contribution in [3.63, 3.8) is 0 Å². The fraction of sp³-hybridized carbons (Fsp3) is 0.429. The van der Waals surface area contributed by atoms with Crippen molar-refractivity contribution in [1.82, 2.24) is 4.90 Å². The van der Waals surface area contributed by atoms with Gasteiger partial charge in [0.2, 0.25) is 5.91 Å². The molecule has 5 nitrogen and oxygen atoms in total. The lowest BCUT2D eigenvalue weighted by Gasteiger charge is -2.26. The average Bonchev–Trinajstić information content (AvgIpc) is 2.41. The van der Waals surface area contributed by atoms with E-state index in [1.54, 1.807) is 0 Å². The summed E-state index contributed by atoms with van der Waals surface area (Å²) in [5.74, 6) is -3.07. The number of hydrogen-bond acceptors (Lipinski definition) is 3. The molecule has 0 fully saturated rings. The number of amides is 1. The van der Waals surface area contributed by atoms with Gasteiger partial charge in [0.25, 0.3) is 0 Å². The van der Waals surface area contributed by atoms with Crippen LogP contribution in [0.2, 0.25) is 0 Å². The second kappa shape index (κ2) is 7.68. The number of halogens is 2. The van der Waals surface area contributed by atoms with Crippen LogP contribution in [0.25, 0.3) is 0 Å². The monoisotopic (exact) mass is 300 g/mol. The zero-order valence-corrected chi connectivity index (χ0v) is 11.9. The molecule has 1 amide bonds. The maximum atomic E-state index is 13.5. The highest BCUT2D eigenvalue weighted by molar-refractivity contribution is 5.94. The lowest BCUT2D eigenvalue weighted by atomic mass is 10.2. The van der Waals surface area contributed by atoms with Gasteiger partial charge < -0.3 is 10.4 Å². The Balaban J connectivity index is 2.80. The van der Waals surface area contributed by atoms with Crippen LogP contribution in [0.3, 0.4) is 0 Å². The maximum Gasteiger partial charge on any atom is 0.317 e. The number of hydrogen-bond donors (Lipinski definition) is 2. The summed E-state index contributed by atoms with van der Waals surface area (Å²) in [5, 5.41) is 11.1. The summed E-state index contributed by atoms with van der Waals surface area (Å²) in [6, 6.07) is 1.96. The Morgan fingerprint density at radius 3 is 2.62 bits per heavy atom. The van der Waals surface area contributed by atoms with Gasteiger partial charge in [0.1, 0.15) is 11.6 Å². The van der Waals surface area contributed by atoms with Gasteiger partial charge >= 0.3 is 5.97 Å². The number of anilines is 1. The van der Waals surface area contributed by atoms with E-state index in [2.05, 4.69) is 5.32 Å². The molecule has 0 radical (unpaired) electrons. The Bertz CT molecular complexity index is 523. The predicted molar refractivity (Wildman–Crippen MR) is 73.9 cm³/mol. The second-order valence-corrected chi connectivity index (χ2v) is 4.65. The fourth-order valence-electron chi connectivity index (χ4n) is 1.87. The summed E-state index contributed by atoms with van der Waals surface area (Å²) in [6.07, 6.45) is 0.666. The minimum Gasteiger partial charge on any atom is -0.480 e. The normalized spacial score (nSPS) is 12.2. The molecule has 0 aliphatic rings. The van der Waals surface area contributed by atoms with E-state index in [4.69, 9.17) is 5.11 Å². The number of nitrogens with zero attached hydrogens (tertiary/aromatic N) is 1. The van der Waals surface area contributed by atoms with Crippen LogP contribution in [-0.2, 0) is 9.59 Å². The molecule has 1 rings (SSSR count). The summed E-state index contributed by atoms with van der Waals surface area (Å²) >= 11 is 0. The number of aliphatic carboxylic acids is 1.